The normalized spacial score (nSPS) is 12.5. The Morgan fingerprint density at radius 3 is 2.40 bits per heavy atom. The topological polar surface area (TPSA) is 84.6 Å². The molecule has 0 aromatic heterocycles. The van der Waals surface area contributed by atoms with E-state index in [2.05, 4.69) is 5.32 Å². The fraction of sp³-hybridized carbons (Fsp3) is 0.278. The van der Waals surface area contributed by atoms with Gasteiger partial charge in [-0.05, 0) is 35.7 Å². The average Bonchev–Trinajstić information content (AvgIpc) is 2.49. The number of benzene rings is 2. The van der Waals surface area contributed by atoms with Gasteiger partial charge in [0.15, 0.2) is 0 Å². The zero-order chi connectivity index (χ0) is 18.8. The van der Waals surface area contributed by atoms with Crippen molar-refractivity contribution in [1.82, 2.24) is 5.32 Å². The second-order valence-corrected chi connectivity index (χ2v) is 7.12. The lowest BCUT2D eigenvalue weighted by Gasteiger charge is -2.32. The SMILES string of the molecule is CC(C)(C)C(NC(=O)O)c1cc(Oc2ccc(F)c(Cl)c2)ccc1N. The van der Waals surface area contributed by atoms with E-state index in [1.165, 1.54) is 18.2 Å². The summed E-state index contributed by atoms with van der Waals surface area (Å²) in [7, 11) is 0. The molecule has 0 saturated heterocycles. The van der Waals surface area contributed by atoms with Crippen LogP contribution in [0, 0.1) is 11.2 Å². The first-order valence-corrected chi connectivity index (χ1v) is 7.97. The summed E-state index contributed by atoms with van der Waals surface area (Å²) in [6.07, 6.45) is -1.14. The molecule has 1 unspecified atom stereocenters. The fourth-order valence-electron chi connectivity index (χ4n) is 2.43. The van der Waals surface area contributed by atoms with Gasteiger partial charge in [-0.3, -0.25) is 0 Å². The molecule has 7 heteroatoms. The van der Waals surface area contributed by atoms with Crippen LogP contribution in [0.5, 0.6) is 11.5 Å². The first-order valence-electron chi connectivity index (χ1n) is 7.59. The number of carboxylic acid groups (broad SMARTS) is 1. The number of amides is 1. The van der Waals surface area contributed by atoms with Crippen LogP contribution in [0.25, 0.3) is 0 Å². The van der Waals surface area contributed by atoms with Crippen LogP contribution in [0.3, 0.4) is 0 Å². The second-order valence-electron chi connectivity index (χ2n) is 6.72. The number of nitrogen functional groups attached to an aromatic ring is 1. The summed E-state index contributed by atoms with van der Waals surface area (Å²) in [5, 5.41) is 11.6. The Kier molecular flexibility index (Phi) is 5.42. The zero-order valence-corrected chi connectivity index (χ0v) is 14.9. The number of hydrogen-bond acceptors (Lipinski definition) is 3. The van der Waals surface area contributed by atoms with Gasteiger partial charge in [-0.15, -0.1) is 0 Å². The van der Waals surface area contributed by atoms with Crippen molar-refractivity contribution < 1.29 is 19.0 Å². The van der Waals surface area contributed by atoms with Crippen molar-refractivity contribution in [2.45, 2.75) is 26.8 Å². The highest BCUT2D eigenvalue weighted by molar-refractivity contribution is 6.30. The number of nitrogens with one attached hydrogen (secondary N) is 1. The van der Waals surface area contributed by atoms with Crippen molar-refractivity contribution in [3.8, 4) is 11.5 Å². The molecule has 0 radical (unpaired) electrons. The Morgan fingerprint density at radius 1 is 1.24 bits per heavy atom. The van der Waals surface area contributed by atoms with Crippen LogP contribution in [-0.2, 0) is 0 Å². The van der Waals surface area contributed by atoms with E-state index in [-0.39, 0.29) is 5.02 Å². The number of ether oxygens (including phenoxy) is 1. The van der Waals surface area contributed by atoms with E-state index in [0.717, 1.165) is 0 Å². The van der Waals surface area contributed by atoms with Crippen LogP contribution in [0.2, 0.25) is 5.02 Å². The van der Waals surface area contributed by atoms with Crippen LogP contribution >= 0.6 is 11.6 Å². The van der Waals surface area contributed by atoms with Crippen LogP contribution in [0.1, 0.15) is 32.4 Å². The van der Waals surface area contributed by atoms with Crippen molar-refractivity contribution >= 4 is 23.4 Å². The summed E-state index contributed by atoms with van der Waals surface area (Å²) in [6.45, 7) is 5.71. The lowest BCUT2D eigenvalue weighted by atomic mass is 9.81. The number of anilines is 1. The van der Waals surface area contributed by atoms with E-state index in [1.54, 1.807) is 18.2 Å². The summed E-state index contributed by atoms with van der Waals surface area (Å²) < 4.78 is 18.9. The van der Waals surface area contributed by atoms with E-state index in [9.17, 15) is 9.18 Å². The Bertz CT molecular complexity index is 790. The Labute approximate surface area is 150 Å². The second kappa shape index (κ2) is 7.19. The summed E-state index contributed by atoms with van der Waals surface area (Å²) in [5.41, 5.74) is 6.67. The van der Waals surface area contributed by atoms with Gasteiger partial charge >= 0.3 is 6.09 Å². The van der Waals surface area contributed by atoms with Gasteiger partial charge in [-0.1, -0.05) is 32.4 Å². The molecule has 1 atom stereocenters. The zero-order valence-electron chi connectivity index (χ0n) is 14.1. The molecule has 0 saturated carbocycles. The predicted octanol–water partition coefficient (Wildman–Crippen LogP) is 5.21. The van der Waals surface area contributed by atoms with Crippen molar-refractivity contribution in [2.24, 2.45) is 5.41 Å². The molecule has 2 aromatic carbocycles. The van der Waals surface area contributed by atoms with Gasteiger partial charge in [0.25, 0.3) is 0 Å². The van der Waals surface area contributed by atoms with Gasteiger partial charge in [0.1, 0.15) is 17.3 Å². The molecule has 134 valence electrons. The molecule has 25 heavy (non-hydrogen) atoms. The molecule has 0 fully saturated rings. The number of carbonyl (C=O) groups is 1. The minimum absolute atomic E-state index is 0.0479. The largest absolute Gasteiger partial charge is 0.465 e. The molecule has 0 aliphatic carbocycles. The summed E-state index contributed by atoms with van der Waals surface area (Å²) in [4.78, 5) is 11.2. The number of nitrogens with two attached hydrogens (primary N) is 1. The van der Waals surface area contributed by atoms with E-state index >= 15 is 0 Å². The molecule has 1 amide bonds. The molecule has 0 bridgehead atoms. The standard InChI is InChI=1S/C18H20ClFN2O3/c1-18(2,3)16(22-17(23)24)12-8-10(5-7-15(12)21)25-11-4-6-14(20)13(19)9-11/h4-9,16,22H,21H2,1-3H3,(H,23,24). The minimum atomic E-state index is -1.14. The first-order chi connectivity index (χ1) is 11.6. The van der Waals surface area contributed by atoms with Crippen LogP contribution in [-0.4, -0.2) is 11.2 Å². The minimum Gasteiger partial charge on any atom is -0.465 e. The molecule has 2 rings (SSSR count). The third kappa shape index (κ3) is 4.76. The predicted molar refractivity (Wildman–Crippen MR) is 95.7 cm³/mol. The Hall–Kier alpha value is -2.47. The first kappa shape index (κ1) is 18.9. The van der Waals surface area contributed by atoms with Gasteiger partial charge in [-0.2, -0.15) is 0 Å². The van der Waals surface area contributed by atoms with E-state index in [1.807, 2.05) is 20.8 Å². The molecule has 5 nitrogen and oxygen atoms in total. The third-order valence-corrected chi connectivity index (χ3v) is 3.92. The number of halogens is 2. The summed E-state index contributed by atoms with van der Waals surface area (Å²) in [5.74, 6) is 0.263. The molecule has 0 spiro atoms. The molecule has 0 aliphatic heterocycles. The molecular formula is C18H20ClFN2O3. The maximum atomic E-state index is 13.2. The fourth-order valence-corrected chi connectivity index (χ4v) is 2.60. The molecule has 2 aromatic rings. The molecule has 0 heterocycles. The molecule has 4 N–H and O–H groups in total. The Morgan fingerprint density at radius 2 is 1.84 bits per heavy atom. The third-order valence-electron chi connectivity index (χ3n) is 3.63. The van der Waals surface area contributed by atoms with Gasteiger partial charge in [0, 0.05) is 17.3 Å². The van der Waals surface area contributed by atoms with E-state index in [4.69, 9.17) is 27.2 Å². The van der Waals surface area contributed by atoms with Crippen molar-refractivity contribution in [1.29, 1.82) is 0 Å². The quantitative estimate of drug-likeness (QED) is 0.648. The van der Waals surface area contributed by atoms with Gasteiger partial charge < -0.3 is 20.9 Å². The number of rotatable bonds is 4. The van der Waals surface area contributed by atoms with Crippen molar-refractivity contribution in [2.75, 3.05) is 5.73 Å². The van der Waals surface area contributed by atoms with Crippen LogP contribution in [0.4, 0.5) is 14.9 Å². The number of hydrogen-bond donors (Lipinski definition) is 3. The Balaban J connectivity index is 2.38. The van der Waals surface area contributed by atoms with Gasteiger partial charge in [0.05, 0.1) is 11.1 Å². The highest BCUT2D eigenvalue weighted by Crippen LogP contribution is 2.38. The lowest BCUT2D eigenvalue weighted by molar-refractivity contribution is 0.175. The maximum Gasteiger partial charge on any atom is 0.405 e. The van der Waals surface area contributed by atoms with E-state index in [0.29, 0.717) is 22.7 Å². The van der Waals surface area contributed by atoms with Crippen molar-refractivity contribution in [3.05, 3.63) is 52.8 Å². The van der Waals surface area contributed by atoms with E-state index < -0.39 is 23.4 Å². The van der Waals surface area contributed by atoms with Crippen LogP contribution < -0.4 is 15.8 Å². The molecule has 0 aliphatic rings. The average molecular weight is 367 g/mol. The highest BCUT2D eigenvalue weighted by Gasteiger charge is 2.29. The summed E-state index contributed by atoms with van der Waals surface area (Å²) >= 11 is 5.75. The smallest absolute Gasteiger partial charge is 0.405 e. The van der Waals surface area contributed by atoms with Crippen LogP contribution in [0.15, 0.2) is 36.4 Å². The molecular weight excluding hydrogens is 347 g/mol. The highest BCUT2D eigenvalue weighted by atomic mass is 35.5. The van der Waals surface area contributed by atoms with Gasteiger partial charge in [0.2, 0.25) is 0 Å². The maximum absolute atomic E-state index is 13.2. The lowest BCUT2D eigenvalue weighted by Crippen LogP contribution is -2.36. The monoisotopic (exact) mass is 366 g/mol. The summed E-state index contributed by atoms with van der Waals surface area (Å²) in [6, 6.07) is 8.44. The van der Waals surface area contributed by atoms with Crippen molar-refractivity contribution in [3.63, 3.8) is 0 Å². The van der Waals surface area contributed by atoms with Gasteiger partial charge in [-0.25, -0.2) is 9.18 Å².